The monoisotopic (exact) mass is 301 g/mol. The summed E-state index contributed by atoms with van der Waals surface area (Å²) in [6.07, 6.45) is 9.54. The number of amides is 1. The van der Waals surface area contributed by atoms with Crippen LogP contribution < -0.4 is 5.32 Å². The first-order valence-electron chi connectivity index (χ1n) is 7.95. The fourth-order valence-corrected chi connectivity index (χ4v) is 3.33. The Hall–Kier alpha value is -2.11. The molecule has 0 bridgehead atoms. The van der Waals surface area contributed by atoms with Crippen molar-refractivity contribution in [2.75, 3.05) is 0 Å². The number of aryl methyl sites for hydroxylation is 2. The van der Waals surface area contributed by atoms with Gasteiger partial charge in [0.2, 0.25) is 0 Å². The molecule has 2 N–H and O–H groups in total. The number of rotatable bonds is 4. The van der Waals surface area contributed by atoms with E-state index in [1.54, 1.807) is 24.0 Å². The SMILES string of the molecule is Cc1ncc(C(NC(=O)c2ccnn2C)C2CCCCC2)[nH]1. The van der Waals surface area contributed by atoms with Crippen LogP contribution in [-0.2, 0) is 7.05 Å². The molecule has 0 saturated heterocycles. The van der Waals surface area contributed by atoms with Gasteiger partial charge in [0.25, 0.3) is 5.91 Å². The van der Waals surface area contributed by atoms with E-state index in [9.17, 15) is 4.79 Å². The molecule has 1 fully saturated rings. The van der Waals surface area contributed by atoms with Crippen LogP contribution in [-0.4, -0.2) is 25.7 Å². The lowest BCUT2D eigenvalue weighted by atomic mass is 9.82. The van der Waals surface area contributed by atoms with E-state index in [0.717, 1.165) is 24.4 Å². The molecular weight excluding hydrogens is 278 g/mol. The first kappa shape index (κ1) is 14.8. The molecule has 2 aromatic rings. The largest absolute Gasteiger partial charge is 0.344 e. The molecule has 0 aliphatic heterocycles. The number of nitrogens with zero attached hydrogens (tertiary/aromatic N) is 3. The van der Waals surface area contributed by atoms with Crippen molar-refractivity contribution in [3.05, 3.63) is 35.7 Å². The Bertz CT molecular complexity index is 639. The molecule has 1 amide bonds. The molecule has 0 radical (unpaired) electrons. The van der Waals surface area contributed by atoms with Gasteiger partial charge in [-0.05, 0) is 31.7 Å². The third-order valence-electron chi connectivity index (χ3n) is 4.52. The van der Waals surface area contributed by atoms with Gasteiger partial charge in [0.15, 0.2) is 0 Å². The molecule has 6 heteroatoms. The van der Waals surface area contributed by atoms with E-state index in [-0.39, 0.29) is 11.9 Å². The van der Waals surface area contributed by atoms with Gasteiger partial charge in [0.1, 0.15) is 11.5 Å². The summed E-state index contributed by atoms with van der Waals surface area (Å²) in [4.78, 5) is 20.1. The Morgan fingerprint density at radius 3 is 2.77 bits per heavy atom. The lowest BCUT2D eigenvalue weighted by Crippen LogP contribution is -2.35. The fraction of sp³-hybridized carbons (Fsp3) is 0.562. The molecule has 22 heavy (non-hydrogen) atoms. The molecule has 1 aliphatic rings. The molecule has 0 spiro atoms. The Balaban J connectivity index is 1.82. The van der Waals surface area contributed by atoms with Crippen LogP contribution in [0.25, 0.3) is 0 Å². The Morgan fingerprint density at radius 1 is 1.41 bits per heavy atom. The van der Waals surface area contributed by atoms with Gasteiger partial charge < -0.3 is 10.3 Å². The Kier molecular flexibility index (Phi) is 4.27. The van der Waals surface area contributed by atoms with Crippen LogP contribution in [0.3, 0.4) is 0 Å². The van der Waals surface area contributed by atoms with Gasteiger partial charge >= 0.3 is 0 Å². The van der Waals surface area contributed by atoms with Crippen LogP contribution >= 0.6 is 0 Å². The van der Waals surface area contributed by atoms with Crippen molar-refractivity contribution in [2.45, 2.75) is 45.1 Å². The Morgan fingerprint density at radius 2 is 2.18 bits per heavy atom. The highest BCUT2D eigenvalue weighted by atomic mass is 16.2. The van der Waals surface area contributed by atoms with E-state index >= 15 is 0 Å². The van der Waals surface area contributed by atoms with Gasteiger partial charge in [-0.3, -0.25) is 9.48 Å². The summed E-state index contributed by atoms with van der Waals surface area (Å²) >= 11 is 0. The number of nitrogens with one attached hydrogen (secondary N) is 2. The van der Waals surface area contributed by atoms with E-state index in [0.29, 0.717) is 11.6 Å². The minimum absolute atomic E-state index is 0.0103. The Labute approximate surface area is 130 Å². The first-order valence-corrected chi connectivity index (χ1v) is 7.95. The zero-order chi connectivity index (χ0) is 15.5. The standard InChI is InChI=1S/C16H23N5O/c1-11-17-10-13(19-11)15(12-6-4-3-5-7-12)20-16(22)14-8-9-18-21(14)2/h8-10,12,15H,3-7H2,1-2H3,(H,17,19)(H,20,22). The van der Waals surface area contributed by atoms with Crippen LogP contribution in [0.4, 0.5) is 0 Å². The average molecular weight is 301 g/mol. The summed E-state index contributed by atoms with van der Waals surface area (Å²) in [6, 6.07) is 1.73. The fourth-order valence-electron chi connectivity index (χ4n) is 3.33. The lowest BCUT2D eigenvalue weighted by molar-refractivity contribution is 0.0901. The molecule has 1 aliphatic carbocycles. The maximum absolute atomic E-state index is 12.6. The smallest absolute Gasteiger partial charge is 0.270 e. The van der Waals surface area contributed by atoms with Crippen molar-refractivity contribution < 1.29 is 4.79 Å². The number of carbonyl (C=O) groups excluding carboxylic acids is 1. The third kappa shape index (κ3) is 3.05. The topological polar surface area (TPSA) is 75.6 Å². The molecule has 2 heterocycles. The normalized spacial score (nSPS) is 17.4. The predicted molar refractivity (Wildman–Crippen MR) is 83.3 cm³/mol. The minimum atomic E-state index is -0.0807. The molecular formula is C16H23N5O. The van der Waals surface area contributed by atoms with Crippen molar-refractivity contribution in [2.24, 2.45) is 13.0 Å². The molecule has 3 rings (SSSR count). The minimum Gasteiger partial charge on any atom is -0.344 e. The number of aromatic nitrogens is 4. The van der Waals surface area contributed by atoms with E-state index in [2.05, 4.69) is 20.4 Å². The zero-order valence-corrected chi connectivity index (χ0v) is 13.2. The van der Waals surface area contributed by atoms with Gasteiger partial charge in [-0.1, -0.05) is 19.3 Å². The summed E-state index contributed by atoms with van der Waals surface area (Å²) in [5.74, 6) is 1.26. The molecule has 2 aromatic heterocycles. The maximum Gasteiger partial charge on any atom is 0.270 e. The maximum atomic E-state index is 12.6. The van der Waals surface area contributed by atoms with E-state index in [4.69, 9.17) is 0 Å². The van der Waals surface area contributed by atoms with Crippen molar-refractivity contribution in [3.8, 4) is 0 Å². The quantitative estimate of drug-likeness (QED) is 0.911. The second kappa shape index (κ2) is 6.34. The van der Waals surface area contributed by atoms with E-state index < -0.39 is 0 Å². The van der Waals surface area contributed by atoms with Gasteiger partial charge in [-0.15, -0.1) is 0 Å². The molecule has 1 unspecified atom stereocenters. The molecule has 118 valence electrons. The average Bonchev–Trinajstić information content (AvgIpc) is 3.14. The second-order valence-electron chi connectivity index (χ2n) is 6.11. The molecule has 1 atom stereocenters. The van der Waals surface area contributed by atoms with Gasteiger partial charge in [-0.2, -0.15) is 5.10 Å². The first-order chi connectivity index (χ1) is 10.6. The summed E-state index contributed by atoms with van der Waals surface area (Å²) in [5, 5.41) is 7.26. The van der Waals surface area contributed by atoms with E-state index in [1.165, 1.54) is 19.3 Å². The summed E-state index contributed by atoms with van der Waals surface area (Å²) in [7, 11) is 1.78. The van der Waals surface area contributed by atoms with Crippen molar-refractivity contribution in [1.82, 2.24) is 25.1 Å². The number of hydrogen-bond donors (Lipinski definition) is 2. The molecule has 6 nitrogen and oxygen atoms in total. The van der Waals surface area contributed by atoms with Crippen LogP contribution in [0.1, 0.15) is 60.2 Å². The number of hydrogen-bond acceptors (Lipinski definition) is 3. The predicted octanol–water partition coefficient (Wildman–Crippen LogP) is 2.50. The molecule has 1 saturated carbocycles. The number of H-pyrrole nitrogens is 1. The highest BCUT2D eigenvalue weighted by molar-refractivity contribution is 5.92. The highest BCUT2D eigenvalue weighted by Gasteiger charge is 2.28. The van der Waals surface area contributed by atoms with Crippen LogP contribution in [0.2, 0.25) is 0 Å². The zero-order valence-electron chi connectivity index (χ0n) is 13.2. The van der Waals surface area contributed by atoms with Gasteiger partial charge in [-0.25, -0.2) is 4.98 Å². The number of carbonyl (C=O) groups is 1. The second-order valence-corrected chi connectivity index (χ2v) is 6.11. The van der Waals surface area contributed by atoms with Crippen molar-refractivity contribution in [1.29, 1.82) is 0 Å². The number of aromatic amines is 1. The summed E-state index contributed by atoms with van der Waals surface area (Å²) in [6.45, 7) is 1.93. The highest BCUT2D eigenvalue weighted by Crippen LogP contribution is 2.34. The lowest BCUT2D eigenvalue weighted by Gasteiger charge is -2.30. The van der Waals surface area contributed by atoms with Crippen molar-refractivity contribution in [3.63, 3.8) is 0 Å². The van der Waals surface area contributed by atoms with Gasteiger partial charge in [0, 0.05) is 13.2 Å². The number of imidazole rings is 1. The summed E-state index contributed by atoms with van der Waals surface area (Å²) in [5.41, 5.74) is 1.58. The van der Waals surface area contributed by atoms with Crippen molar-refractivity contribution >= 4 is 5.91 Å². The third-order valence-corrected chi connectivity index (χ3v) is 4.52. The van der Waals surface area contributed by atoms with Crippen LogP contribution in [0.15, 0.2) is 18.5 Å². The van der Waals surface area contributed by atoms with Crippen LogP contribution in [0.5, 0.6) is 0 Å². The van der Waals surface area contributed by atoms with E-state index in [1.807, 2.05) is 13.1 Å². The summed E-state index contributed by atoms with van der Waals surface area (Å²) < 4.78 is 1.60. The molecule has 0 aromatic carbocycles. The van der Waals surface area contributed by atoms with Gasteiger partial charge in [0.05, 0.1) is 17.9 Å². The van der Waals surface area contributed by atoms with Crippen LogP contribution in [0, 0.1) is 12.8 Å².